The van der Waals surface area contributed by atoms with Crippen LogP contribution >= 0.6 is 0 Å². The molecule has 0 N–H and O–H groups in total. The van der Waals surface area contributed by atoms with E-state index in [4.69, 9.17) is 0 Å². The second-order valence-electron chi connectivity index (χ2n) is 3.47. The van der Waals surface area contributed by atoms with E-state index in [2.05, 4.69) is 0 Å². The summed E-state index contributed by atoms with van der Waals surface area (Å²) in [6.45, 7) is 1.67. The predicted molar refractivity (Wildman–Crippen MR) is 56.5 cm³/mol. The molecule has 0 unspecified atom stereocenters. The molecule has 2 aromatic carbocycles. The fourth-order valence-electron chi connectivity index (χ4n) is 1.58. The van der Waals surface area contributed by atoms with Crippen molar-refractivity contribution in [2.75, 3.05) is 0 Å². The number of hydrogen-bond acceptors (Lipinski definition) is 0. The summed E-state index contributed by atoms with van der Waals surface area (Å²) >= 11 is 0. The van der Waals surface area contributed by atoms with Gasteiger partial charge in [-0.3, -0.25) is 0 Å². The van der Waals surface area contributed by atoms with E-state index in [-0.39, 0.29) is 5.56 Å². The number of rotatable bonds is 1. The van der Waals surface area contributed by atoms with Crippen molar-refractivity contribution in [3.63, 3.8) is 0 Å². The number of benzene rings is 2. The van der Waals surface area contributed by atoms with Gasteiger partial charge < -0.3 is 0 Å². The Hall–Kier alpha value is -1.70. The van der Waals surface area contributed by atoms with Crippen LogP contribution in [0.15, 0.2) is 42.5 Å². The Balaban J connectivity index is 2.64. The summed E-state index contributed by atoms with van der Waals surface area (Å²) in [5.74, 6) is -1.03. The molecule has 2 aromatic rings. The Kier molecular flexibility index (Phi) is 2.50. The first-order valence-electron chi connectivity index (χ1n) is 4.69. The molecule has 0 atom stereocenters. The Bertz CT molecular complexity index is 452. The molecule has 0 heterocycles. The van der Waals surface area contributed by atoms with Crippen molar-refractivity contribution in [1.82, 2.24) is 0 Å². The average Bonchev–Trinajstić information content (AvgIpc) is 2.17. The van der Waals surface area contributed by atoms with Gasteiger partial charge in [0.1, 0.15) is 11.6 Å². The maximum absolute atomic E-state index is 13.6. The summed E-state index contributed by atoms with van der Waals surface area (Å²) in [7, 11) is 0. The summed E-state index contributed by atoms with van der Waals surface area (Å²) < 4.78 is 27.1. The van der Waals surface area contributed by atoms with E-state index in [0.29, 0.717) is 11.1 Å². The van der Waals surface area contributed by atoms with Crippen molar-refractivity contribution < 1.29 is 8.78 Å². The van der Waals surface area contributed by atoms with Crippen molar-refractivity contribution in [2.24, 2.45) is 0 Å². The van der Waals surface area contributed by atoms with E-state index >= 15 is 0 Å². The monoisotopic (exact) mass is 204 g/mol. The molecule has 0 aliphatic heterocycles. The van der Waals surface area contributed by atoms with Crippen LogP contribution in [0.5, 0.6) is 0 Å². The third-order valence-corrected chi connectivity index (χ3v) is 2.25. The van der Waals surface area contributed by atoms with E-state index in [9.17, 15) is 8.78 Å². The number of hydrogen-bond donors (Lipinski definition) is 0. The van der Waals surface area contributed by atoms with E-state index in [1.54, 1.807) is 31.2 Å². The van der Waals surface area contributed by atoms with Crippen LogP contribution in [0.2, 0.25) is 0 Å². The first kappa shape index (κ1) is 9.84. The summed E-state index contributed by atoms with van der Waals surface area (Å²) in [5, 5.41) is 0. The lowest BCUT2D eigenvalue weighted by atomic mass is 10.0. The van der Waals surface area contributed by atoms with Gasteiger partial charge in [0, 0.05) is 0 Å². The fourth-order valence-corrected chi connectivity index (χ4v) is 1.58. The zero-order valence-electron chi connectivity index (χ0n) is 8.30. The Morgan fingerprint density at radius 2 is 1.40 bits per heavy atom. The Morgan fingerprint density at radius 3 is 1.93 bits per heavy atom. The molecule has 0 nitrogen and oxygen atoms in total. The summed E-state index contributed by atoms with van der Waals surface area (Å²) in [6, 6.07) is 11.4. The van der Waals surface area contributed by atoms with Crippen LogP contribution in [-0.4, -0.2) is 0 Å². The molecule has 76 valence electrons. The van der Waals surface area contributed by atoms with Gasteiger partial charge in [-0.25, -0.2) is 8.78 Å². The average molecular weight is 204 g/mol. The van der Waals surface area contributed by atoms with Crippen LogP contribution in [0.25, 0.3) is 11.1 Å². The predicted octanol–water partition coefficient (Wildman–Crippen LogP) is 3.94. The lowest BCUT2D eigenvalue weighted by Gasteiger charge is -2.05. The Morgan fingerprint density at radius 1 is 0.867 bits per heavy atom. The minimum Gasteiger partial charge on any atom is -0.206 e. The Labute approximate surface area is 87.2 Å². The molecule has 0 aromatic heterocycles. The van der Waals surface area contributed by atoms with Crippen LogP contribution < -0.4 is 0 Å². The van der Waals surface area contributed by atoms with E-state index in [1.165, 1.54) is 12.1 Å². The first-order chi connectivity index (χ1) is 7.18. The molecule has 0 saturated carbocycles. The zero-order chi connectivity index (χ0) is 10.8. The third kappa shape index (κ3) is 1.89. The molecular weight excluding hydrogens is 194 g/mol. The molecule has 2 heteroatoms. The van der Waals surface area contributed by atoms with Gasteiger partial charge in [-0.05, 0) is 30.2 Å². The number of halogens is 2. The molecule has 0 fully saturated rings. The zero-order valence-corrected chi connectivity index (χ0v) is 8.30. The lowest BCUT2D eigenvalue weighted by Crippen LogP contribution is -1.91. The van der Waals surface area contributed by atoms with Gasteiger partial charge in [-0.2, -0.15) is 0 Å². The van der Waals surface area contributed by atoms with Gasteiger partial charge in [0.05, 0.1) is 5.56 Å². The minimum absolute atomic E-state index is 0.0428. The van der Waals surface area contributed by atoms with Gasteiger partial charge in [-0.1, -0.05) is 30.3 Å². The molecular formula is C13H10F2. The largest absolute Gasteiger partial charge is 0.206 e. The van der Waals surface area contributed by atoms with Crippen molar-refractivity contribution in [1.29, 1.82) is 0 Å². The van der Waals surface area contributed by atoms with Gasteiger partial charge in [0.2, 0.25) is 0 Å². The van der Waals surface area contributed by atoms with Crippen LogP contribution in [0.3, 0.4) is 0 Å². The molecule has 0 aliphatic carbocycles. The van der Waals surface area contributed by atoms with Gasteiger partial charge >= 0.3 is 0 Å². The standard InChI is InChI=1S/C13H10F2/c1-9-7-11(14)13(12(15)8-9)10-5-3-2-4-6-10/h2-8H,1H3. The highest BCUT2D eigenvalue weighted by atomic mass is 19.1. The van der Waals surface area contributed by atoms with Crippen LogP contribution in [-0.2, 0) is 0 Å². The van der Waals surface area contributed by atoms with Crippen molar-refractivity contribution in [2.45, 2.75) is 6.92 Å². The SMILES string of the molecule is Cc1cc(F)c(-c2ccccc2)c(F)c1. The highest BCUT2D eigenvalue weighted by Crippen LogP contribution is 2.26. The second kappa shape index (κ2) is 3.81. The van der Waals surface area contributed by atoms with Crippen LogP contribution in [0.1, 0.15) is 5.56 Å². The topological polar surface area (TPSA) is 0 Å². The maximum Gasteiger partial charge on any atom is 0.134 e. The molecule has 2 rings (SSSR count). The molecule has 0 saturated heterocycles. The molecule has 15 heavy (non-hydrogen) atoms. The second-order valence-corrected chi connectivity index (χ2v) is 3.47. The highest BCUT2D eigenvalue weighted by Gasteiger charge is 2.11. The van der Waals surface area contributed by atoms with Crippen molar-refractivity contribution >= 4 is 0 Å². The molecule has 0 aliphatic rings. The first-order valence-corrected chi connectivity index (χ1v) is 4.69. The van der Waals surface area contributed by atoms with Crippen molar-refractivity contribution in [3.8, 4) is 11.1 Å². The van der Waals surface area contributed by atoms with Crippen molar-refractivity contribution in [3.05, 3.63) is 59.7 Å². The van der Waals surface area contributed by atoms with Gasteiger partial charge in [0.15, 0.2) is 0 Å². The van der Waals surface area contributed by atoms with Gasteiger partial charge in [-0.15, -0.1) is 0 Å². The normalized spacial score (nSPS) is 10.3. The summed E-state index contributed by atoms with van der Waals surface area (Å²) in [6.07, 6.45) is 0. The molecule has 0 amide bonds. The highest BCUT2D eigenvalue weighted by molar-refractivity contribution is 5.65. The molecule has 0 bridgehead atoms. The third-order valence-electron chi connectivity index (χ3n) is 2.25. The van der Waals surface area contributed by atoms with E-state index in [1.807, 2.05) is 6.07 Å². The number of aryl methyl sites for hydroxylation is 1. The quantitative estimate of drug-likeness (QED) is 0.660. The summed E-state index contributed by atoms with van der Waals surface area (Å²) in [5.41, 5.74) is 1.19. The fraction of sp³-hybridized carbons (Fsp3) is 0.0769. The van der Waals surface area contributed by atoms with Crippen LogP contribution in [0, 0.1) is 18.6 Å². The smallest absolute Gasteiger partial charge is 0.134 e. The minimum atomic E-state index is -0.515. The van der Waals surface area contributed by atoms with E-state index < -0.39 is 11.6 Å². The molecule has 0 spiro atoms. The molecule has 0 radical (unpaired) electrons. The lowest BCUT2D eigenvalue weighted by molar-refractivity contribution is 0.588. The summed E-state index contributed by atoms with van der Waals surface area (Å²) in [4.78, 5) is 0. The van der Waals surface area contributed by atoms with E-state index in [0.717, 1.165) is 0 Å². The maximum atomic E-state index is 13.6. The van der Waals surface area contributed by atoms with Crippen LogP contribution in [0.4, 0.5) is 8.78 Å². The van der Waals surface area contributed by atoms with Gasteiger partial charge in [0.25, 0.3) is 0 Å².